The van der Waals surface area contributed by atoms with Crippen molar-refractivity contribution in [2.45, 2.75) is 13.3 Å². The summed E-state index contributed by atoms with van der Waals surface area (Å²) in [5.74, 6) is 1.17. The minimum Gasteiger partial charge on any atom is -0.490 e. The topological polar surface area (TPSA) is 99.9 Å². The molecular weight excluding hydrogens is 432 g/mol. The minimum atomic E-state index is -0.463. The van der Waals surface area contributed by atoms with Crippen LogP contribution in [0.5, 0.6) is 17.2 Å². The molecule has 0 saturated carbocycles. The molecule has 0 atom stereocenters. The highest BCUT2D eigenvalue weighted by atomic mass is 16.5. The van der Waals surface area contributed by atoms with Gasteiger partial charge in [-0.25, -0.2) is 0 Å². The van der Waals surface area contributed by atoms with Crippen LogP contribution in [0.3, 0.4) is 0 Å². The van der Waals surface area contributed by atoms with Crippen molar-refractivity contribution in [1.82, 2.24) is 0 Å². The Labute approximate surface area is 199 Å². The van der Waals surface area contributed by atoms with Crippen LogP contribution < -0.4 is 25.3 Å². The van der Waals surface area contributed by atoms with Crippen LogP contribution in [-0.2, 0) is 16.0 Å². The van der Waals surface area contributed by atoms with E-state index in [1.165, 1.54) is 6.08 Å². The number of benzene rings is 3. The van der Waals surface area contributed by atoms with E-state index in [4.69, 9.17) is 19.9 Å². The van der Waals surface area contributed by atoms with Gasteiger partial charge in [-0.1, -0.05) is 42.5 Å². The first-order valence-electron chi connectivity index (χ1n) is 11.0. The Morgan fingerprint density at radius 1 is 0.882 bits per heavy atom. The van der Waals surface area contributed by atoms with Crippen molar-refractivity contribution in [3.8, 4) is 17.2 Å². The van der Waals surface area contributed by atoms with Gasteiger partial charge in [0.2, 0.25) is 11.8 Å². The molecule has 3 aromatic rings. The van der Waals surface area contributed by atoms with Gasteiger partial charge in [-0.05, 0) is 54.5 Å². The highest BCUT2D eigenvalue weighted by Crippen LogP contribution is 2.29. The molecule has 176 valence electrons. The Balaban J connectivity index is 1.59. The number of hydrogen-bond acceptors (Lipinski definition) is 5. The Bertz CT molecular complexity index is 1130. The van der Waals surface area contributed by atoms with Crippen molar-refractivity contribution in [3.05, 3.63) is 90.0 Å². The van der Waals surface area contributed by atoms with E-state index in [0.717, 1.165) is 11.3 Å². The number of ether oxygens (including phenoxy) is 3. The summed E-state index contributed by atoms with van der Waals surface area (Å²) >= 11 is 0. The van der Waals surface area contributed by atoms with Crippen LogP contribution in [0.2, 0.25) is 0 Å². The monoisotopic (exact) mass is 460 g/mol. The second-order valence-corrected chi connectivity index (χ2v) is 7.27. The molecule has 3 rings (SSSR count). The van der Waals surface area contributed by atoms with Gasteiger partial charge >= 0.3 is 0 Å². The van der Waals surface area contributed by atoms with Crippen LogP contribution in [0.15, 0.2) is 78.9 Å². The van der Waals surface area contributed by atoms with Crippen LogP contribution >= 0.6 is 0 Å². The maximum Gasteiger partial charge on any atom is 0.248 e. The molecule has 0 saturated heterocycles. The number of rotatable bonds is 12. The lowest BCUT2D eigenvalue weighted by molar-refractivity contribution is -0.117. The highest BCUT2D eigenvalue weighted by molar-refractivity contribution is 6.02. The first-order chi connectivity index (χ1) is 16.5. The summed E-state index contributed by atoms with van der Waals surface area (Å²) < 4.78 is 17.2. The Hall–Kier alpha value is -4.26. The predicted molar refractivity (Wildman–Crippen MR) is 132 cm³/mol. The number of carbonyl (C=O) groups is 2. The lowest BCUT2D eigenvalue weighted by Crippen LogP contribution is -2.16. The molecular formula is C27H28N2O5. The van der Waals surface area contributed by atoms with Gasteiger partial charge in [0.25, 0.3) is 0 Å². The second-order valence-electron chi connectivity index (χ2n) is 7.27. The van der Waals surface area contributed by atoms with Gasteiger partial charge in [-0.15, -0.1) is 0 Å². The number of hydrogen-bond donors (Lipinski definition) is 2. The zero-order chi connectivity index (χ0) is 24.2. The summed E-state index contributed by atoms with van der Waals surface area (Å²) in [5, 5.41) is 2.78. The molecule has 0 unspecified atom stereocenters. The molecule has 0 aliphatic heterocycles. The van der Waals surface area contributed by atoms with Gasteiger partial charge in [0.1, 0.15) is 19.0 Å². The normalized spacial score (nSPS) is 10.6. The van der Waals surface area contributed by atoms with Gasteiger partial charge < -0.3 is 25.3 Å². The first kappa shape index (κ1) is 24.4. The highest BCUT2D eigenvalue weighted by Gasteiger charge is 2.08. The third-order valence-electron chi connectivity index (χ3n) is 4.69. The number of amides is 2. The molecule has 34 heavy (non-hydrogen) atoms. The lowest BCUT2D eigenvalue weighted by atomic mass is 10.1. The van der Waals surface area contributed by atoms with Crippen LogP contribution in [0.25, 0.3) is 6.08 Å². The van der Waals surface area contributed by atoms with Gasteiger partial charge in [0.05, 0.1) is 13.0 Å². The Morgan fingerprint density at radius 3 is 2.38 bits per heavy atom. The molecule has 0 aliphatic rings. The molecule has 3 aromatic carbocycles. The first-order valence-corrected chi connectivity index (χ1v) is 11.0. The molecule has 0 fully saturated rings. The number of nitrogens with two attached hydrogens (primary N) is 1. The molecule has 0 aliphatic carbocycles. The van der Waals surface area contributed by atoms with Crippen molar-refractivity contribution < 1.29 is 23.8 Å². The SMILES string of the molecule is CCOc1cc(C=CC(=O)Nc2ccccc2CC(N)=O)ccc1OCCOc1ccccc1. The van der Waals surface area contributed by atoms with Crippen molar-refractivity contribution in [1.29, 1.82) is 0 Å². The number of nitrogens with one attached hydrogen (secondary N) is 1. The summed E-state index contributed by atoms with van der Waals surface area (Å²) in [6, 6.07) is 22.0. The average molecular weight is 461 g/mol. The van der Waals surface area contributed by atoms with E-state index in [-0.39, 0.29) is 12.3 Å². The molecule has 7 heteroatoms. The van der Waals surface area contributed by atoms with Crippen LogP contribution in [-0.4, -0.2) is 31.6 Å². The van der Waals surface area contributed by atoms with Gasteiger partial charge in [0, 0.05) is 11.8 Å². The third-order valence-corrected chi connectivity index (χ3v) is 4.69. The fraction of sp³-hybridized carbons (Fsp3) is 0.185. The number of para-hydroxylation sites is 2. The van der Waals surface area contributed by atoms with Crippen molar-refractivity contribution in [2.75, 3.05) is 25.1 Å². The molecule has 0 radical (unpaired) electrons. The molecule has 0 aromatic heterocycles. The largest absolute Gasteiger partial charge is 0.490 e. The zero-order valence-corrected chi connectivity index (χ0v) is 19.0. The summed E-state index contributed by atoms with van der Waals surface area (Å²) in [4.78, 5) is 23.7. The van der Waals surface area contributed by atoms with Crippen LogP contribution in [0.1, 0.15) is 18.1 Å². The summed E-state index contributed by atoms with van der Waals surface area (Å²) in [7, 11) is 0. The second kappa shape index (κ2) is 12.7. The number of carbonyl (C=O) groups excluding carboxylic acids is 2. The number of anilines is 1. The third kappa shape index (κ3) is 7.70. The van der Waals surface area contributed by atoms with E-state index < -0.39 is 5.91 Å². The number of primary amides is 1. The van der Waals surface area contributed by atoms with Crippen molar-refractivity contribution in [2.24, 2.45) is 5.73 Å². The van der Waals surface area contributed by atoms with E-state index in [0.29, 0.717) is 42.6 Å². The fourth-order valence-electron chi connectivity index (χ4n) is 3.17. The zero-order valence-electron chi connectivity index (χ0n) is 19.0. The van der Waals surface area contributed by atoms with Gasteiger partial charge in [-0.3, -0.25) is 9.59 Å². The minimum absolute atomic E-state index is 0.0513. The summed E-state index contributed by atoms with van der Waals surface area (Å²) in [6.45, 7) is 3.12. The maximum atomic E-state index is 12.4. The lowest BCUT2D eigenvalue weighted by Gasteiger charge is -2.13. The molecule has 2 amide bonds. The summed E-state index contributed by atoms with van der Waals surface area (Å²) in [6.07, 6.45) is 3.15. The smallest absolute Gasteiger partial charge is 0.248 e. The molecule has 0 heterocycles. The van der Waals surface area contributed by atoms with Gasteiger partial charge in [-0.2, -0.15) is 0 Å². The molecule has 0 spiro atoms. The van der Waals surface area contributed by atoms with E-state index in [2.05, 4.69) is 5.32 Å². The van der Waals surface area contributed by atoms with Crippen molar-refractivity contribution in [3.63, 3.8) is 0 Å². The maximum absolute atomic E-state index is 12.4. The van der Waals surface area contributed by atoms with E-state index in [1.807, 2.05) is 49.4 Å². The van der Waals surface area contributed by atoms with Gasteiger partial charge in [0.15, 0.2) is 11.5 Å². The fourth-order valence-corrected chi connectivity index (χ4v) is 3.17. The van der Waals surface area contributed by atoms with Crippen LogP contribution in [0, 0.1) is 0 Å². The van der Waals surface area contributed by atoms with Crippen molar-refractivity contribution >= 4 is 23.6 Å². The Kier molecular flexibility index (Phi) is 9.10. The van der Waals surface area contributed by atoms with E-state index >= 15 is 0 Å². The quantitative estimate of drug-likeness (QED) is 0.311. The van der Waals surface area contributed by atoms with Crippen LogP contribution in [0.4, 0.5) is 5.69 Å². The molecule has 0 bridgehead atoms. The Morgan fingerprint density at radius 2 is 1.62 bits per heavy atom. The predicted octanol–water partition coefficient (Wildman–Crippen LogP) is 4.22. The molecule has 7 nitrogen and oxygen atoms in total. The average Bonchev–Trinajstić information content (AvgIpc) is 2.83. The van der Waals surface area contributed by atoms with E-state index in [9.17, 15) is 9.59 Å². The van der Waals surface area contributed by atoms with E-state index in [1.54, 1.807) is 36.4 Å². The molecule has 3 N–H and O–H groups in total. The summed E-state index contributed by atoms with van der Waals surface area (Å²) in [5.41, 5.74) is 7.26. The standard InChI is InChI=1S/C27H28N2O5/c1-2-32-25-18-20(12-14-24(25)34-17-16-33-22-9-4-3-5-10-22)13-15-27(31)29-23-11-7-6-8-21(23)19-26(28)30/h3-15,18H,2,16-17,19H2,1H3,(H2,28,30)(H,29,31).